The highest BCUT2D eigenvalue weighted by Gasteiger charge is 2.27. The highest BCUT2D eigenvalue weighted by molar-refractivity contribution is 7.89. The first kappa shape index (κ1) is 23.0. The summed E-state index contributed by atoms with van der Waals surface area (Å²) in [5.41, 5.74) is 1.80. The number of ether oxygens (including phenoxy) is 1. The molecule has 0 aliphatic rings. The number of esters is 1. The van der Waals surface area contributed by atoms with E-state index >= 15 is 0 Å². The van der Waals surface area contributed by atoms with Crippen LogP contribution in [0.1, 0.15) is 30.0 Å². The molecule has 0 unspecified atom stereocenters. The van der Waals surface area contributed by atoms with Crippen molar-refractivity contribution in [3.63, 3.8) is 0 Å². The molecule has 0 amide bonds. The van der Waals surface area contributed by atoms with Crippen LogP contribution in [0.2, 0.25) is 5.02 Å². The van der Waals surface area contributed by atoms with E-state index in [1.807, 2.05) is 6.92 Å². The molecule has 9 heteroatoms. The summed E-state index contributed by atoms with van der Waals surface area (Å²) < 4.78 is 38.2. The van der Waals surface area contributed by atoms with E-state index in [4.69, 9.17) is 20.8 Å². The Balaban J connectivity index is 1.87. The number of rotatable bonds is 6. The van der Waals surface area contributed by atoms with Crippen LogP contribution >= 0.6 is 11.6 Å². The fourth-order valence-electron chi connectivity index (χ4n) is 2.97. The van der Waals surface area contributed by atoms with Crippen LogP contribution in [-0.2, 0) is 14.8 Å². The lowest BCUT2D eigenvalue weighted by Crippen LogP contribution is -2.42. The highest BCUT2D eigenvalue weighted by atomic mass is 35.5. The molecule has 0 aliphatic heterocycles. The molecule has 31 heavy (non-hydrogen) atoms. The number of aryl methyl sites for hydroxylation is 2. The predicted octanol–water partition coefficient (Wildman–Crippen LogP) is 4.03. The van der Waals surface area contributed by atoms with E-state index < -0.39 is 27.7 Å². The van der Waals surface area contributed by atoms with Crippen molar-refractivity contribution in [1.82, 2.24) is 4.72 Å². The third kappa shape index (κ3) is 4.81. The minimum Gasteiger partial charge on any atom is -0.424 e. The predicted molar refractivity (Wildman–Crippen MR) is 118 cm³/mol. The van der Waals surface area contributed by atoms with Crippen molar-refractivity contribution in [2.75, 3.05) is 0 Å². The van der Waals surface area contributed by atoms with Crippen molar-refractivity contribution in [2.45, 2.75) is 45.1 Å². The molecule has 0 spiro atoms. The van der Waals surface area contributed by atoms with Gasteiger partial charge in [-0.1, -0.05) is 36.2 Å². The number of halogens is 1. The Morgan fingerprint density at radius 1 is 1.13 bits per heavy atom. The molecule has 1 heterocycles. The van der Waals surface area contributed by atoms with E-state index in [2.05, 4.69) is 4.72 Å². The lowest BCUT2D eigenvalue weighted by molar-refractivity contribution is -0.136. The standard InChI is InChI=1S/C22H22ClNO6S/c1-5-18(24-31(27,28)15-8-6-12(2)7-9-15)22(26)30-20-11-19-16(10-17(20)23)13(3)14(4)21(25)29-19/h6-11,18,24H,5H2,1-4H3/t18-/m1/s1. The SMILES string of the molecule is CC[C@@H](NS(=O)(=O)c1ccc(C)cc1)C(=O)Oc1cc2oc(=O)c(C)c(C)c2cc1Cl. The lowest BCUT2D eigenvalue weighted by Gasteiger charge is -2.17. The average molecular weight is 464 g/mol. The molecule has 0 saturated carbocycles. The summed E-state index contributed by atoms with van der Waals surface area (Å²) in [6, 6.07) is 8.02. The molecule has 3 aromatic rings. The number of hydrogen-bond donors (Lipinski definition) is 1. The highest BCUT2D eigenvalue weighted by Crippen LogP contribution is 2.32. The summed E-state index contributed by atoms with van der Waals surface area (Å²) in [7, 11) is -3.93. The molecule has 0 bridgehead atoms. The van der Waals surface area contributed by atoms with Crippen molar-refractivity contribution >= 4 is 38.6 Å². The largest absolute Gasteiger partial charge is 0.424 e. The molecule has 2 aromatic carbocycles. The quantitative estimate of drug-likeness (QED) is 0.336. The molecule has 0 saturated heterocycles. The van der Waals surface area contributed by atoms with Gasteiger partial charge in [0.25, 0.3) is 0 Å². The van der Waals surface area contributed by atoms with Gasteiger partial charge >= 0.3 is 11.6 Å². The third-order valence-electron chi connectivity index (χ3n) is 5.04. The van der Waals surface area contributed by atoms with Gasteiger partial charge in [-0.2, -0.15) is 4.72 Å². The fraction of sp³-hybridized carbons (Fsp3) is 0.273. The summed E-state index contributed by atoms with van der Waals surface area (Å²) in [4.78, 5) is 24.7. The molecular formula is C22H22ClNO6S. The van der Waals surface area contributed by atoms with Gasteiger partial charge in [0.05, 0.1) is 9.92 Å². The second kappa shape index (κ2) is 8.82. The van der Waals surface area contributed by atoms with Crippen molar-refractivity contribution in [1.29, 1.82) is 0 Å². The Labute approximate surface area is 185 Å². The average Bonchev–Trinajstić information content (AvgIpc) is 2.72. The summed E-state index contributed by atoms with van der Waals surface area (Å²) in [5.74, 6) is -0.857. The first-order chi connectivity index (χ1) is 14.5. The normalized spacial score (nSPS) is 12.7. The Bertz CT molecular complexity index is 1310. The summed E-state index contributed by atoms with van der Waals surface area (Å²) in [6.45, 7) is 6.91. The van der Waals surface area contributed by atoms with Gasteiger partial charge in [-0.15, -0.1) is 0 Å². The Morgan fingerprint density at radius 2 is 1.77 bits per heavy atom. The smallest absolute Gasteiger partial charge is 0.339 e. The molecular weight excluding hydrogens is 442 g/mol. The van der Waals surface area contributed by atoms with E-state index in [9.17, 15) is 18.0 Å². The first-order valence-corrected chi connectivity index (χ1v) is 11.4. The van der Waals surface area contributed by atoms with E-state index in [-0.39, 0.29) is 27.7 Å². The monoisotopic (exact) mass is 463 g/mol. The molecule has 164 valence electrons. The van der Waals surface area contributed by atoms with Gasteiger partial charge in [-0.05, 0) is 51.0 Å². The van der Waals surface area contributed by atoms with Crippen LogP contribution in [0.3, 0.4) is 0 Å². The number of benzene rings is 2. The maximum Gasteiger partial charge on any atom is 0.339 e. The van der Waals surface area contributed by atoms with Gasteiger partial charge in [0.1, 0.15) is 11.6 Å². The Hall–Kier alpha value is -2.68. The maximum atomic E-state index is 12.7. The van der Waals surface area contributed by atoms with Crippen LogP contribution in [0.15, 0.2) is 50.5 Å². The van der Waals surface area contributed by atoms with Crippen LogP contribution in [0.5, 0.6) is 5.75 Å². The van der Waals surface area contributed by atoms with Crippen LogP contribution in [-0.4, -0.2) is 20.4 Å². The zero-order chi connectivity index (χ0) is 22.9. The van der Waals surface area contributed by atoms with Gasteiger partial charge in [0.15, 0.2) is 5.75 Å². The molecule has 0 fully saturated rings. The zero-order valence-corrected chi connectivity index (χ0v) is 19.1. The van der Waals surface area contributed by atoms with Gasteiger partial charge in [-0.25, -0.2) is 18.0 Å². The number of fused-ring (bicyclic) bond motifs is 1. The van der Waals surface area contributed by atoms with Crippen molar-refractivity contribution in [3.05, 3.63) is 68.5 Å². The summed E-state index contributed by atoms with van der Waals surface area (Å²) >= 11 is 6.27. The van der Waals surface area contributed by atoms with Crippen molar-refractivity contribution in [3.8, 4) is 5.75 Å². The zero-order valence-electron chi connectivity index (χ0n) is 17.5. The van der Waals surface area contributed by atoms with Crippen LogP contribution in [0, 0.1) is 20.8 Å². The fourth-order valence-corrected chi connectivity index (χ4v) is 4.44. The molecule has 0 aliphatic carbocycles. The third-order valence-corrected chi connectivity index (χ3v) is 6.82. The number of hydrogen-bond acceptors (Lipinski definition) is 6. The van der Waals surface area contributed by atoms with Crippen molar-refractivity contribution < 1.29 is 22.4 Å². The van der Waals surface area contributed by atoms with Gasteiger partial charge < -0.3 is 9.15 Å². The van der Waals surface area contributed by atoms with Crippen molar-refractivity contribution in [2.24, 2.45) is 0 Å². The minimum atomic E-state index is -3.93. The second-order valence-corrected chi connectivity index (χ2v) is 9.36. The molecule has 3 rings (SSSR count). The maximum absolute atomic E-state index is 12.7. The molecule has 0 radical (unpaired) electrons. The topological polar surface area (TPSA) is 103 Å². The van der Waals surface area contributed by atoms with Crippen LogP contribution in [0.25, 0.3) is 11.0 Å². The number of carbonyl (C=O) groups excluding carboxylic acids is 1. The molecule has 1 atom stereocenters. The van der Waals surface area contributed by atoms with Gasteiger partial charge in [0.2, 0.25) is 10.0 Å². The molecule has 7 nitrogen and oxygen atoms in total. The van der Waals surface area contributed by atoms with Crippen LogP contribution in [0.4, 0.5) is 0 Å². The minimum absolute atomic E-state index is 0.0291. The number of sulfonamides is 1. The Kier molecular flexibility index (Phi) is 6.54. The first-order valence-electron chi connectivity index (χ1n) is 9.57. The van der Waals surface area contributed by atoms with E-state index in [0.29, 0.717) is 16.5 Å². The second-order valence-electron chi connectivity index (χ2n) is 7.23. The number of nitrogens with one attached hydrogen (secondary N) is 1. The summed E-state index contributed by atoms with van der Waals surface area (Å²) in [5, 5.41) is 0.752. The van der Waals surface area contributed by atoms with Gasteiger partial charge in [-0.3, -0.25) is 0 Å². The van der Waals surface area contributed by atoms with E-state index in [1.54, 1.807) is 39.0 Å². The Morgan fingerprint density at radius 3 is 2.39 bits per heavy atom. The van der Waals surface area contributed by atoms with E-state index in [0.717, 1.165) is 5.56 Å². The molecule has 1 N–H and O–H groups in total. The van der Waals surface area contributed by atoms with Crippen LogP contribution < -0.4 is 15.1 Å². The summed E-state index contributed by atoms with van der Waals surface area (Å²) in [6.07, 6.45) is 0.155. The molecule has 1 aromatic heterocycles. The van der Waals surface area contributed by atoms with E-state index in [1.165, 1.54) is 18.2 Å². The van der Waals surface area contributed by atoms with Gasteiger partial charge in [0, 0.05) is 17.0 Å². The number of carbonyl (C=O) groups is 1. The lowest BCUT2D eigenvalue weighted by atomic mass is 10.1.